The molecule has 5 heteroatoms. The molecule has 2 N–H and O–H groups in total. The zero-order chi connectivity index (χ0) is 16.2. The van der Waals surface area contributed by atoms with Gasteiger partial charge in [0.25, 0.3) is 5.56 Å². The zero-order valence-corrected chi connectivity index (χ0v) is 12.9. The van der Waals surface area contributed by atoms with Crippen LogP contribution in [-0.4, -0.2) is 22.9 Å². The molecule has 0 spiro atoms. The van der Waals surface area contributed by atoms with Crippen LogP contribution in [0.1, 0.15) is 29.9 Å². The quantitative estimate of drug-likeness (QED) is 0.715. The lowest BCUT2D eigenvalue weighted by Crippen LogP contribution is -2.18. The maximum absolute atomic E-state index is 12.2. The van der Waals surface area contributed by atoms with E-state index in [9.17, 15) is 9.59 Å². The van der Waals surface area contributed by atoms with Gasteiger partial charge in [0.05, 0.1) is 23.2 Å². The van der Waals surface area contributed by atoms with Crippen LogP contribution in [0.4, 0.5) is 0 Å². The number of fused-ring (bicyclic) bond motifs is 3. The standard InChI is InChI=1S/C18H16N2O3/c1-18(2)9-23-16-11(18)5-6-12-15(16)14(13(8-21)20-12)10-4-3-7-19-17(10)22/h3-8,20H,9H2,1-2H3,(H,19,22). The Bertz CT molecular complexity index is 995. The molecule has 0 bridgehead atoms. The second-order valence-electron chi connectivity index (χ2n) is 6.48. The van der Waals surface area contributed by atoms with Crippen molar-refractivity contribution in [3.05, 3.63) is 52.1 Å². The third kappa shape index (κ3) is 1.86. The Morgan fingerprint density at radius 1 is 1.26 bits per heavy atom. The minimum absolute atomic E-state index is 0.0947. The van der Waals surface area contributed by atoms with Crippen LogP contribution in [0.5, 0.6) is 5.75 Å². The summed E-state index contributed by atoms with van der Waals surface area (Å²) in [5.74, 6) is 0.759. The smallest absolute Gasteiger partial charge is 0.255 e. The van der Waals surface area contributed by atoms with Crippen molar-refractivity contribution >= 4 is 17.2 Å². The Hall–Kier alpha value is -2.82. The van der Waals surface area contributed by atoms with Crippen LogP contribution in [0.2, 0.25) is 0 Å². The van der Waals surface area contributed by atoms with Crippen LogP contribution in [0.3, 0.4) is 0 Å². The van der Waals surface area contributed by atoms with Crippen molar-refractivity contribution in [2.45, 2.75) is 19.3 Å². The van der Waals surface area contributed by atoms with Crippen LogP contribution in [0.25, 0.3) is 22.0 Å². The van der Waals surface area contributed by atoms with Gasteiger partial charge in [-0.1, -0.05) is 19.9 Å². The number of aromatic amines is 2. The normalized spacial score (nSPS) is 15.4. The van der Waals surface area contributed by atoms with E-state index in [4.69, 9.17) is 4.74 Å². The number of carbonyl (C=O) groups excluding carboxylic acids is 1. The third-order valence-electron chi connectivity index (χ3n) is 4.46. The highest BCUT2D eigenvalue weighted by molar-refractivity contribution is 6.07. The Kier molecular flexibility index (Phi) is 2.75. The minimum Gasteiger partial charge on any atom is -0.492 e. The summed E-state index contributed by atoms with van der Waals surface area (Å²) in [4.78, 5) is 29.5. The molecule has 1 aliphatic heterocycles. The molecule has 0 unspecified atom stereocenters. The van der Waals surface area contributed by atoms with Crippen LogP contribution in [0.15, 0.2) is 35.3 Å². The molecule has 0 aliphatic carbocycles. The largest absolute Gasteiger partial charge is 0.492 e. The number of ether oxygens (including phenoxy) is 1. The number of aromatic nitrogens is 2. The van der Waals surface area contributed by atoms with E-state index in [0.717, 1.165) is 28.5 Å². The van der Waals surface area contributed by atoms with E-state index >= 15 is 0 Å². The molecule has 1 aliphatic rings. The Balaban J connectivity index is 2.15. The molecule has 0 radical (unpaired) electrons. The number of rotatable bonds is 2. The fourth-order valence-electron chi connectivity index (χ4n) is 3.28. The molecule has 0 atom stereocenters. The van der Waals surface area contributed by atoms with Crippen molar-refractivity contribution in [3.63, 3.8) is 0 Å². The summed E-state index contributed by atoms with van der Waals surface area (Å²) in [6.45, 7) is 4.81. The average molecular weight is 308 g/mol. The number of pyridine rings is 1. The van der Waals surface area contributed by atoms with Gasteiger partial charge in [0.15, 0.2) is 6.29 Å². The van der Waals surface area contributed by atoms with Gasteiger partial charge >= 0.3 is 0 Å². The van der Waals surface area contributed by atoms with Gasteiger partial charge in [-0.2, -0.15) is 0 Å². The number of benzene rings is 1. The first-order chi connectivity index (χ1) is 11.0. The lowest BCUT2D eigenvalue weighted by molar-refractivity contribution is 0.112. The molecule has 0 saturated carbocycles. The molecular weight excluding hydrogens is 292 g/mol. The Morgan fingerprint density at radius 2 is 2.09 bits per heavy atom. The molecule has 3 aromatic rings. The van der Waals surface area contributed by atoms with E-state index in [2.05, 4.69) is 23.8 Å². The minimum atomic E-state index is -0.230. The first-order valence-electron chi connectivity index (χ1n) is 7.48. The lowest BCUT2D eigenvalue weighted by atomic mass is 9.86. The SMILES string of the molecule is CC1(C)COc2c1ccc1[nH]c(C=O)c(-c3ccc[nH]c3=O)c21. The molecule has 3 heterocycles. The number of nitrogens with one attached hydrogen (secondary N) is 2. The number of carbonyl (C=O) groups is 1. The Labute approximate surface area is 132 Å². The monoisotopic (exact) mass is 308 g/mol. The van der Waals surface area contributed by atoms with Crippen LogP contribution in [0, 0.1) is 0 Å². The van der Waals surface area contributed by atoms with E-state index < -0.39 is 0 Å². The fourth-order valence-corrected chi connectivity index (χ4v) is 3.28. The number of hydrogen-bond acceptors (Lipinski definition) is 3. The van der Waals surface area contributed by atoms with Crippen molar-refractivity contribution in [3.8, 4) is 16.9 Å². The molecule has 0 amide bonds. The van der Waals surface area contributed by atoms with Gasteiger partial charge < -0.3 is 14.7 Å². The van der Waals surface area contributed by atoms with Gasteiger partial charge in [-0.05, 0) is 18.2 Å². The molecule has 2 aromatic heterocycles. The first-order valence-corrected chi connectivity index (χ1v) is 7.48. The Morgan fingerprint density at radius 3 is 2.83 bits per heavy atom. The van der Waals surface area contributed by atoms with Gasteiger partial charge in [-0.3, -0.25) is 9.59 Å². The topological polar surface area (TPSA) is 75.0 Å². The second kappa shape index (κ2) is 4.59. The van der Waals surface area contributed by atoms with Crippen LogP contribution >= 0.6 is 0 Å². The van der Waals surface area contributed by atoms with Crippen molar-refractivity contribution in [2.75, 3.05) is 6.61 Å². The molecular formula is C18H16N2O3. The summed E-state index contributed by atoms with van der Waals surface area (Å²) < 4.78 is 5.94. The summed E-state index contributed by atoms with van der Waals surface area (Å²) in [6.07, 6.45) is 2.32. The maximum atomic E-state index is 12.2. The fraction of sp³-hybridized carbons (Fsp3) is 0.222. The number of hydrogen-bond donors (Lipinski definition) is 2. The molecule has 0 saturated heterocycles. The molecule has 5 nitrogen and oxygen atoms in total. The molecule has 1 aromatic carbocycles. The predicted octanol–water partition coefficient (Wildman–Crippen LogP) is 3.01. The van der Waals surface area contributed by atoms with Crippen molar-refractivity contribution in [2.24, 2.45) is 0 Å². The highest BCUT2D eigenvalue weighted by atomic mass is 16.5. The van der Waals surface area contributed by atoms with Crippen LogP contribution < -0.4 is 10.3 Å². The van der Waals surface area contributed by atoms with Gasteiger partial charge in [-0.25, -0.2) is 0 Å². The highest BCUT2D eigenvalue weighted by Crippen LogP contribution is 2.46. The molecule has 4 rings (SSSR count). The highest BCUT2D eigenvalue weighted by Gasteiger charge is 2.34. The van der Waals surface area contributed by atoms with E-state index in [0.29, 0.717) is 23.4 Å². The van der Waals surface area contributed by atoms with Gasteiger partial charge in [0.1, 0.15) is 5.75 Å². The van der Waals surface area contributed by atoms with Crippen molar-refractivity contribution < 1.29 is 9.53 Å². The van der Waals surface area contributed by atoms with Crippen molar-refractivity contribution in [1.82, 2.24) is 9.97 Å². The zero-order valence-electron chi connectivity index (χ0n) is 12.9. The molecule has 116 valence electrons. The predicted molar refractivity (Wildman–Crippen MR) is 88.3 cm³/mol. The van der Waals surface area contributed by atoms with Gasteiger partial charge in [-0.15, -0.1) is 0 Å². The number of H-pyrrole nitrogens is 2. The van der Waals surface area contributed by atoms with Gasteiger partial charge in [0.2, 0.25) is 0 Å². The summed E-state index contributed by atoms with van der Waals surface area (Å²) in [5, 5.41) is 0.798. The maximum Gasteiger partial charge on any atom is 0.255 e. The number of aldehydes is 1. The first kappa shape index (κ1) is 13.8. The van der Waals surface area contributed by atoms with E-state index in [-0.39, 0.29) is 11.0 Å². The summed E-state index contributed by atoms with van der Waals surface area (Å²) in [7, 11) is 0. The average Bonchev–Trinajstić information content (AvgIpc) is 3.05. The summed E-state index contributed by atoms with van der Waals surface area (Å²) >= 11 is 0. The third-order valence-corrected chi connectivity index (χ3v) is 4.46. The molecule has 0 fully saturated rings. The van der Waals surface area contributed by atoms with E-state index in [1.54, 1.807) is 18.3 Å². The second-order valence-corrected chi connectivity index (χ2v) is 6.48. The van der Waals surface area contributed by atoms with Gasteiger partial charge in [0, 0.05) is 28.3 Å². The molecule has 23 heavy (non-hydrogen) atoms. The summed E-state index contributed by atoms with van der Waals surface area (Å²) in [5.41, 5.74) is 3.01. The van der Waals surface area contributed by atoms with E-state index in [1.165, 1.54) is 0 Å². The summed E-state index contributed by atoms with van der Waals surface area (Å²) in [6, 6.07) is 7.43. The van der Waals surface area contributed by atoms with E-state index in [1.807, 2.05) is 12.1 Å². The van der Waals surface area contributed by atoms with Crippen LogP contribution in [-0.2, 0) is 5.41 Å². The van der Waals surface area contributed by atoms with Crippen molar-refractivity contribution in [1.29, 1.82) is 0 Å². The lowest BCUT2D eigenvalue weighted by Gasteiger charge is -2.14.